The Morgan fingerprint density at radius 3 is 2.30 bits per heavy atom. The van der Waals surface area contributed by atoms with Crippen LogP contribution in [0.4, 0.5) is 13.2 Å². The summed E-state index contributed by atoms with van der Waals surface area (Å²) in [5, 5.41) is 0.874. The largest absolute Gasteiger partial charge is 0.416 e. The Hall–Kier alpha value is -0.710. The minimum atomic E-state index is -4.37. The fourth-order valence-electron chi connectivity index (χ4n) is 1.76. The van der Waals surface area contributed by atoms with Crippen molar-refractivity contribution in [3.05, 3.63) is 69.2 Å². The lowest BCUT2D eigenvalue weighted by Crippen LogP contribution is -2.06. The summed E-state index contributed by atoms with van der Waals surface area (Å²) in [5.74, 6) is 0. The SMILES string of the molecule is FC(F)(F)c1cccc(C(Br)c2ccc(Cl)cc2Cl)c1. The molecule has 0 fully saturated rings. The zero-order valence-electron chi connectivity index (χ0n) is 9.89. The summed E-state index contributed by atoms with van der Waals surface area (Å²) in [4.78, 5) is -0.436. The van der Waals surface area contributed by atoms with Crippen molar-refractivity contribution in [1.29, 1.82) is 0 Å². The van der Waals surface area contributed by atoms with Gasteiger partial charge < -0.3 is 0 Å². The van der Waals surface area contributed by atoms with E-state index in [2.05, 4.69) is 15.9 Å². The molecular formula is C14H8BrCl2F3. The summed E-state index contributed by atoms with van der Waals surface area (Å²) < 4.78 is 38.1. The van der Waals surface area contributed by atoms with Gasteiger partial charge in [-0.15, -0.1) is 0 Å². The summed E-state index contributed by atoms with van der Waals surface area (Å²) in [6.07, 6.45) is -4.37. The molecule has 0 aliphatic heterocycles. The second-order valence-corrected chi connectivity index (χ2v) is 5.91. The van der Waals surface area contributed by atoms with Crippen LogP contribution in [0.3, 0.4) is 0 Å². The van der Waals surface area contributed by atoms with E-state index in [0.717, 1.165) is 12.1 Å². The molecule has 0 radical (unpaired) electrons. The van der Waals surface area contributed by atoms with Crippen LogP contribution in [-0.2, 0) is 6.18 Å². The normalized spacial score (nSPS) is 13.3. The van der Waals surface area contributed by atoms with Crippen molar-refractivity contribution in [2.24, 2.45) is 0 Å². The van der Waals surface area contributed by atoms with Gasteiger partial charge in [-0.2, -0.15) is 13.2 Å². The van der Waals surface area contributed by atoms with E-state index < -0.39 is 16.6 Å². The van der Waals surface area contributed by atoms with E-state index in [1.165, 1.54) is 6.07 Å². The first kappa shape index (κ1) is 15.7. The van der Waals surface area contributed by atoms with Crippen LogP contribution in [-0.4, -0.2) is 0 Å². The van der Waals surface area contributed by atoms with Gasteiger partial charge in [0.05, 0.1) is 10.4 Å². The molecule has 20 heavy (non-hydrogen) atoms. The van der Waals surface area contributed by atoms with Crippen LogP contribution in [0.1, 0.15) is 21.5 Å². The summed E-state index contributed by atoms with van der Waals surface area (Å²) in [7, 11) is 0. The summed E-state index contributed by atoms with van der Waals surface area (Å²) >= 11 is 15.2. The third-order valence-electron chi connectivity index (χ3n) is 2.74. The number of hydrogen-bond acceptors (Lipinski definition) is 0. The molecule has 2 aromatic rings. The van der Waals surface area contributed by atoms with Gasteiger partial charge in [-0.1, -0.05) is 63.4 Å². The van der Waals surface area contributed by atoms with Crippen LogP contribution in [0.2, 0.25) is 10.0 Å². The first-order chi connectivity index (χ1) is 9.29. The van der Waals surface area contributed by atoms with Crippen LogP contribution < -0.4 is 0 Å². The molecule has 2 rings (SSSR count). The highest BCUT2D eigenvalue weighted by Crippen LogP contribution is 2.38. The molecule has 0 aromatic heterocycles. The molecule has 1 atom stereocenters. The second kappa shape index (κ2) is 5.96. The fourth-order valence-corrected chi connectivity index (χ4v) is 3.09. The lowest BCUT2D eigenvalue weighted by molar-refractivity contribution is -0.137. The predicted octanol–water partition coefficient (Wildman–Crippen LogP) is 6.50. The number of hydrogen-bond donors (Lipinski definition) is 0. The van der Waals surface area contributed by atoms with Crippen molar-refractivity contribution < 1.29 is 13.2 Å². The van der Waals surface area contributed by atoms with Gasteiger partial charge in [0.25, 0.3) is 0 Å². The minimum absolute atomic E-state index is 0.400. The van der Waals surface area contributed by atoms with Crippen molar-refractivity contribution in [2.45, 2.75) is 11.0 Å². The summed E-state index contributed by atoms with van der Waals surface area (Å²) in [5.41, 5.74) is 0.448. The Bertz CT molecular complexity index is 626. The molecule has 0 aliphatic rings. The van der Waals surface area contributed by atoms with Crippen molar-refractivity contribution >= 4 is 39.1 Å². The molecule has 0 amide bonds. The average Bonchev–Trinajstić information content (AvgIpc) is 2.37. The lowest BCUT2D eigenvalue weighted by Gasteiger charge is -2.15. The Morgan fingerprint density at radius 1 is 1.00 bits per heavy atom. The van der Waals surface area contributed by atoms with Gasteiger partial charge in [0, 0.05) is 10.0 Å². The molecule has 1 unspecified atom stereocenters. The van der Waals surface area contributed by atoms with Crippen molar-refractivity contribution in [1.82, 2.24) is 0 Å². The molecule has 0 saturated carbocycles. The first-order valence-corrected chi connectivity index (χ1v) is 7.22. The lowest BCUT2D eigenvalue weighted by atomic mass is 10.0. The molecule has 0 bridgehead atoms. The van der Waals surface area contributed by atoms with Crippen LogP contribution >= 0.6 is 39.1 Å². The molecule has 0 heterocycles. The number of benzene rings is 2. The van der Waals surface area contributed by atoms with E-state index in [0.29, 0.717) is 21.2 Å². The van der Waals surface area contributed by atoms with Gasteiger partial charge in [-0.25, -0.2) is 0 Å². The van der Waals surface area contributed by atoms with Crippen molar-refractivity contribution in [3.8, 4) is 0 Å². The quantitative estimate of drug-likeness (QED) is 0.519. The Labute approximate surface area is 132 Å². The van der Waals surface area contributed by atoms with Gasteiger partial charge in [-0.05, 0) is 29.3 Å². The zero-order chi connectivity index (χ0) is 14.9. The van der Waals surface area contributed by atoms with Gasteiger partial charge in [-0.3, -0.25) is 0 Å². The number of alkyl halides is 4. The van der Waals surface area contributed by atoms with E-state index in [1.807, 2.05) is 0 Å². The molecule has 2 aromatic carbocycles. The van der Waals surface area contributed by atoms with Crippen molar-refractivity contribution in [2.75, 3.05) is 0 Å². The van der Waals surface area contributed by atoms with E-state index in [9.17, 15) is 13.2 Å². The topological polar surface area (TPSA) is 0 Å². The monoisotopic (exact) mass is 382 g/mol. The number of halogens is 6. The molecule has 106 valence electrons. The standard InChI is InChI=1S/C14H8BrCl2F3/c15-13(11-5-4-10(16)7-12(11)17)8-2-1-3-9(6-8)14(18,19)20/h1-7,13H. The number of rotatable bonds is 2. The van der Waals surface area contributed by atoms with Crippen molar-refractivity contribution in [3.63, 3.8) is 0 Å². The van der Waals surface area contributed by atoms with E-state index in [1.54, 1.807) is 24.3 Å². The molecule has 6 heteroatoms. The highest BCUT2D eigenvalue weighted by atomic mass is 79.9. The minimum Gasteiger partial charge on any atom is -0.166 e. The molecule has 0 aliphatic carbocycles. The smallest absolute Gasteiger partial charge is 0.166 e. The highest BCUT2D eigenvalue weighted by Gasteiger charge is 2.31. The maximum Gasteiger partial charge on any atom is 0.416 e. The first-order valence-electron chi connectivity index (χ1n) is 5.55. The predicted molar refractivity (Wildman–Crippen MR) is 78.7 cm³/mol. The summed E-state index contributed by atoms with van der Waals surface area (Å²) in [6.45, 7) is 0. The van der Waals surface area contributed by atoms with E-state index in [4.69, 9.17) is 23.2 Å². The highest BCUT2D eigenvalue weighted by molar-refractivity contribution is 9.09. The maximum atomic E-state index is 12.7. The molecule has 0 nitrogen and oxygen atoms in total. The maximum absolute atomic E-state index is 12.7. The average molecular weight is 384 g/mol. The molecule has 0 saturated heterocycles. The molecule has 0 N–H and O–H groups in total. The second-order valence-electron chi connectivity index (χ2n) is 4.15. The van der Waals surface area contributed by atoms with Gasteiger partial charge in [0.2, 0.25) is 0 Å². The van der Waals surface area contributed by atoms with Crippen LogP contribution in [0.5, 0.6) is 0 Å². The van der Waals surface area contributed by atoms with E-state index >= 15 is 0 Å². The fraction of sp³-hybridized carbons (Fsp3) is 0.143. The third-order valence-corrected chi connectivity index (χ3v) is 4.33. The van der Waals surface area contributed by atoms with E-state index in [-0.39, 0.29) is 0 Å². The van der Waals surface area contributed by atoms with Crippen LogP contribution in [0.25, 0.3) is 0 Å². The Kier molecular flexibility index (Phi) is 4.67. The zero-order valence-corrected chi connectivity index (χ0v) is 13.0. The van der Waals surface area contributed by atoms with Gasteiger partial charge in [0.15, 0.2) is 0 Å². The molecular weight excluding hydrogens is 376 g/mol. The van der Waals surface area contributed by atoms with Gasteiger partial charge in [0.1, 0.15) is 0 Å². The van der Waals surface area contributed by atoms with Crippen LogP contribution in [0, 0.1) is 0 Å². The van der Waals surface area contributed by atoms with Crippen LogP contribution in [0.15, 0.2) is 42.5 Å². The van der Waals surface area contributed by atoms with Gasteiger partial charge >= 0.3 is 6.18 Å². The summed E-state index contributed by atoms with van der Waals surface area (Å²) in [6, 6.07) is 10.0. The molecule has 0 spiro atoms. The Balaban J connectivity index is 2.41. The third kappa shape index (κ3) is 3.48. The Morgan fingerprint density at radius 2 is 1.70 bits per heavy atom.